The Morgan fingerprint density at radius 1 is 1.11 bits per heavy atom. The fraction of sp³-hybridized carbons (Fsp3) is 0.300. The Bertz CT molecular complexity index is 1700. The van der Waals surface area contributed by atoms with Gasteiger partial charge in [-0.2, -0.15) is 13.2 Å². The van der Waals surface area contributed by atoms with Crippen molar-refractivity contribution in [3.05, 3.63) is 88.7 Å². The molecule has 5 rings (SSSR count). The third kappa shape index (κ3) is 7.72. The third-order valence-electron chi connectivity index (χ3n) is 7.59. The topological polar surface area (TPSA) is 156 Å². The monoisotopic (exact) mass is 643 g/mol. The molecule has 0 saturated heterocycles. The summed E-state index contributed by atoms with van der Waals surface area (Å²) in [6, 6.07) is 15.6. The van der Waals surface area contributed by atoms with Crippen molar-refractivity contribution in [3.63, 3.8) is 0 Å². The van der Waals surface area contributed by atoms with Gasteiger partial charge < -0.3 is 15.3 Å². The van der Waals surface area contributed by atoms with E-state index in [-0.39, 0.29) is 33.4 Å². The molecule has 236 valence electrons. The van der Waals surface area contributed by atoms with Gasteiger partial charge >= 0.3 is 18.0 Å². The van der Waals surface area contributed by atoms with Crippen LogP contribution in [0.15, 0.2) is 71.0 Å². The molecule has 1 aliphatic rings. The lowest BCUT2D eigenvalue weighted by atomic mass is 9.84. The minimum atomic E-state index is -4.78. The van der Waals surface area contributed by atoms with E-state index in [1.807, 2.05) is 24.3 Å². The van der Waals surface area contributed by atoms with Crippen molar-refractivity contribution in [3.8, 4) is 0 Å². The summed E-state index contributed by atoms with van der Waals surface area (Å²) >= 11 is 0.667. The third-order valence-corrected chi connectivity index (χ3v) is 8.62. The highest BCUT2D eigenvalue weighted by atomic mass is 32.1. The summed E-state index contributed by atoms with van der Waals surface area (Å²) in [5.74, 6) is 3.53. The summed E-state index contributed by atoms with van der Waals surface area (Å²) in [5, 5.41) is 20.5. The van der Waals surface area contributed by atoms with Crippen LogP contribution in [0.4, 0.5) is 28.4 Å². The maximum Gasteiger partial charge on any atom is 0.417 e. The van der Waals surface area contributed by atoms with E-state index in [1.165, 1.54) is 24.8 Å². The van der Waals surface area contributed by atoms with Gasteiger partial charge in [-0.15, -0.1) is 0 Å². The second kappa shape index (κ2) is 13.6. The van der Waals surface area contributed by atoms with Gasteiger partial charge in [0, 0.05) is 23.5 Å². The maximum absolute atomic E-state index is 14.0. The van der Waals surface area contributed by atoms with Gasteiger partial charge in [-0.1, -0.05) is 54.9 Å². The number of anilines is 2. The molecule has 1 atom stereocenters. The molecule has 1 fully saturated rings. The molecule has 45 heavy (non-hydrogen) atoms. The van der Waals surface area contributed by atoms with Gasteiger partial charge in [-0.25, -0.2) is 14.4 Å². The first kappa shape index (κ1) is 31.8. The number of nitrogens with one attached hydrogen (secondary N) is 2. The number of aliphatic hydroxyl groups is 1. The van der Waals surface area contributed by atoms with Crippen LogP contribution in [0.25, 0.3) is 10.2 Å². The Morgan fingerprint density at radius 2 is 1.80 bits per heavy atom. The van der Waals surface area contributed by atoms with E-state index in [0.717, 1.165) is 18.9 Å². The number of rotatable bonds is 8. The molecule has 1 amide bonds. The van der Waals surface area contributed by atoms with E-state index < -0.39 is 29.8 Å². The Kier molecular flexibility index (Phi) is 9.58. The number of benzene rings is 3. The molecule has 3 aromatic carbocycles. The molecule has 1 aromatic heterocycles. The Hall–Kier alpha value is -4.63. The number of hydrogen-bond acceptors (Lipinski definition) is 7. The van der Waals surface area contributed by atoms with E-state index in [1.54, 1.807) is 29.2 Å². The SMILES string of the molecule is N/N=N\C(N)=[NH+]C(=O)c1ccc(CN(c2ccc(C3CCCCC3)cc2)C(O)Nc2nc3cc(F)cc(C(F)(F)F)c3s2)cc1. The molecule has 1 aliphatic carbocycles. The molecule has 4 aromatic rings. The first-order chi connectivity index (χ1) is 21.5. The molecule has 0 spiro atoms. The lowest BCUT2D eigenvalue weighted by Gasteiger charge is -2.31. The largest absolute Gasteiger partial charge is 0.417 e. The number of amides is 1. The number of fused-ring (bicyclic) bond motifs is 1. The summed E-state index contributed by atoms with van der Waals surface area (Å²) in [6.07, 6.45) is -0.403. The zero-order valence-corrected chi connectivity index (χ0v) is 24.7. The van der Waals surface area contributed by atoms with Crippen LogP contribution in [0.1, 0.15) is 65.1 Å². The van der Waals surface area contributed by atoms with Gasteiger partial charge in [0.25, 0.3) is 0 Å². The fourth-order valence-electron chi connectivity index (χ4n) is 5.39. The van der Waals surface area contributed by atoms with Gasteiger partial charge in [0.05, 0.1) is 26.5 Å². The molecule has 0 bridgehead atoms. The summed E-state index contributed by atoms with van der Waals surface area (Å²) in [4.78, 5) is 20.5. The smallest absolute Gasteiger partial charge is 0.356 e. The highest BCUT2D eigenvalue weighted by Crippen LogP contribution is 2.40. The second-order valence-corrected chi connectivity index (χ2v) is 11.6. The van der Waals surface area contributed by atoms with Crippen molar-refractivity contribution < 1.29 is 32.5 Å². The van der Waals surface area contributed by atoms with Crippen LogP contribution >= 0.6 is 11.3 Å². The summed E-state index contributed by atoms with van der Waals surface area (Å²) < 4.78 is 54.5. The minimum Gasteiger partial charge on any atom is -0.356 e. The van der Waals surface area contributed by atoms with Gasteiger partial charge in [-0.05, 0) is 60.2 Å². The van der Waals surface area contributed by atoms with Crippen LogP contribution in [0, 0.1) is 5.82 Å². The number of halogens is 4. The number of alkyl halides is 3. The highest BCUT2D eigenvalue weighted by Gasteiger charge is 2.35. The van der Waals surface area contributed by atoms with Crippen molar-refractivity contribution in [1.29, 1.82) is 0 Å². The van der Waals surface area contributed by atoms with Crippen molar-refractivity contribution >= 4 is 44.2 Å². The molecule has 15 heteroatoms. The van der Waals surface area contributed by atoms with Crippen LogP contribution in [0.3, 0.4) is 0 Å². The van der Waals surface area contributed by atoms with Gasteiger partial charge in [0.2, 0.25) is 6.35 Å². The first-order valence-corrected chi connectivity index (χ1v) is 15.0. The second-order valence-electron chi connectivity index (χ2n) is 10.6. The predicted molar refractivity (Wildman–Crippen MR) is 163 cm³/mol. The fourth-order valence-corrected chi connectivity index (χ4v) is 6.38. The van der Waals surface area contributed by atoms with Crippen molar-refractivity contribution in [2.24, 2.45) is 21.9 Å². The number of aromatic nitrogens is 1. The number of nitrogens with two attached hydrogens (primary N) is 2. The van der Waals surface area contributed by atoms with Gasteiger partial charge in [0.15, 0.2) is 5.13 Å². The molecule has 7 N–H and O–H groups in total. The van der Waals surface area contributed by atoms with Crippen LogP contribution in [0.5, 0.6) is 0 Å². The van der Waals surface area contributed by atoms with E-state index in [2.05, 4.69) is 25.6 Å². The number of aliphatic hydroxyl groups excluding tert-OH is 1. The maximum atomic E-state index is 14.0. The number of hydrogen-bond donors (Lipinski definition) is 5. The normalized spacial score (nSPS) is 15.4. The molecular weight excluding hydrogens is 612 g/mol. The van der Waals surface area contributed by atoms with Crippen molar-refractivity contribution in [1.82, 2.24) is 4.98 Å². The van der Waals surface area contributed by atoms with E-state index >= 15 is 0 Å². The molecule has 0 radical (unpaired) electrons. The number of guanidine groups is 1. The average Bonchev–Trinajstić information content (AvgIpc) is 3.41. The average molecular weight is 644 g/mol. The van der Waals surface area contributed by atoms with Crippen LogP contribution in [-0.2, 0) is 12.7 Å². The van der Waals surface area contributed by atoms with E-state index in [0.29, 0.717) is 34.6 Å². The lowest BCUT2D eigenvalue weighted by molar-refractivity contribution is -0.347. The molecule has 1 unspecified atom stereocenters. The quantitative estimate of drug-likeness (QED) is 0.0353. The van der Waals surface area contributed by atoms with Crippen molar-refractivity contribution in [2.75, 3.05) is 10.2 Å². The number of thiazole rings is 1. The van der Waals surface area contributed by atoms with Crippen molar-refractivity contribution in [2.45, 2.75) is 57.1 Å². The Morgan fingerprint density at radius 3 is 2.44 bits per heavy atom. The minimum absolute atomic E-state index is 0.0205. The number of nitrogens with zero attached hydrogens (tertiary/aromatic N) is 4. The van der Waals surface area contributed by atoms with Crippen LogP contribution < -0.4 is 26.8 Å². The standard InChI is InChI=1S/C30H30F4N8O2S/c31-21-14-23(30(32,33)34)25-24(15-21)37-28(45-25)39-29(44)42(22-12-10-19(11-13-22)18-4-2-1-3-5-18)16-17-6-8-20(9-7-17)26(43)38-27(35)40-41-36/h6-15,18,29,44H,1-5,16H2,(H,37,39)(H4,35,36,38,40,43)/p+1. The molecule has 1 saturated carbocycles. The molecule has 1 heterocycles. The lowest BCUT2D eigenvalue weighted by Crippen LogP contribution is -2.79. The number of carbonyl (C=O) groups is 1. The molecule has 0 aliphatic heterocycles. The number of carbonyl (C=O) groups excluding carboxylic acids is 1. The van der Waals surface area contributed by atoms with Gasteiger partial charge in [-0.3, -0.25) is 16.4 Å². The molecule has 10 nitrogen and oxygen atoms in total. The summed E-state index contributed by atoms with van der Waals surface area (Å²) in [5.41, 5.74) is 7.03. The van der Waals surface area contributed by atoms with Crippen LogP contribution in [0.2, 0.25) is 0 Å². The Balaban J connectivity index is 1.42. The first-order valence-electron chi connectivity index (χ1n) is 14.1. The zero-order chi connectivity index (χ0) is 32.1. The van der Waals surface area contributed by atoms with E-state index in [4.69, 9.17) is 11.6 Å². The van der Waals surface area contributed by atoms with Gasteiger partial charge in [0.1, 0.15) is 5.82 Å². The molecular formula is C30H31F4N8O2S+. The Labute approximate surface area is 259 Å². The summed E-state index contributed by atoms with van der Waals surface area (Å²) in [7, 11) is 0. The zero-order valence-electron chi connectivity index (χ0n) is 23.9. The predicted octanol–water partition coefficient (Wildman–Crippen LogP) is 4.76. The van der Waals surface area contributed by atoms with E-state index in [9.17, 15) is 27.5 Å². The summed E-state index contributed by atoms with van der Waals surface area (Å²) in [6.45, 7) is 0.141. The highest BCUT2D eigenvalue weighted by molar-refractivity contribution is 7.22. The van der Waals surface area contributed by atoms with Crippen LogP contribution in [-0.4, -0.2) is 28.3 Å².